The number of carbonyl (C=O) groups is 3. The van der Waals surface area contributed by atoms with Crippen molar-refractivity contribution in [2.75, 3.05) is 0 Å². The van der Waals surface area contributed by atoms with Crippen LogP contribution in [0.25, 0.3) is 0 Å². The molecule has 0 bridgehead atoms. The van der Waals surface area contributed by atoms with E-state index < -0.39 is 46.9 Å². The van der Waals surface area contributed by atoms with Crippen LogP contribution in [0.4, 0.5) is 0 Å². The normalized spacial score (nSPS) is 41.6. The van der Waals surface area contributed by atoms with Gasteiger partial charge in [0.05, 0.1) is 6.10 Å². The van der Waals surface area contributed by atoms with Crippen molar-refractivity contribution in [1.29, 1.82) is 0 Å². The number of Topliss-reactive ketones (excluding diaryl/α,β-unsaturated/α-hetero) is 1. The lowest BCUT2D eigenvalue weighted by molar-refractivity contribution is -0.166. The maximum Gasteiger partial charge on any atom is 0.303 e. The van der Waals surface area contributed by atoms with Gasteiger partial charge >= 0.3 is 5.97 Å². The van der Waals surface area contributed by atoms with Crippen molar-refractivity contribution in [2.24, 2.45) is 29.1 Å². The molecule has 3 N–H and O–H groups in total. The third-order valence-corrected chi connectivity index (χ3v) is 8.53. The molecule has 2 aliphatic carbocycles. The Hall–Kier alpha value is -3.03. The maximum absolute atomic E-state index is 14.2. The Morgan fingerprint density at radius 2 is 1.86 bits per heavy atom. The number of carbonyl (C=O) groups excluding carboxylic acids is 3. The van der Waals surface area contributed by atoms with Crippen LogP contribution < -0.4 is 5.32 Å². The Morgan fingerprint density at radius 1 is 1.19 bits per heavy atom. The molecule has 37 heavy (non-hydrogen) atoms. The number of aliphatic hydroxyl groups excluding tert-OH is 1. The van der Waals surface area contributed by atoms with Gasteiger partial charge < -0.3 is 20.3 Å². The second-order valence-corrected chi connectivity index (χ2v) is 11.0. The van der Waals surface area contributed by atoms with Gasteiger partial charge in [0.25, 0.3) is 0 Å². The summed E-state index contributed by atoms with van der Waals surface area (Å²) in [6, 6.07) is 9.49. The van der Waals surface area contributed by atoms with Crippen molar-refractivity contribution in [3.05, 3.63) is 72.4 Å². The zero-order valence-corrected chi connectivity index (χ0v) is 21.9. The van der Waals surface area contributed by atoms with Gasteiger partial charge in [0, 0.05) is 30.7 Å². The van der Waals surface area contributed by atoms with Gasteiger partial charge in [-0.25, -0.2) is 0 Å². The number of benzene rings is 1. The Kier molecular flexibility index (Phi) is 7.32. The molecule has 1 spiro atoms. The van der Waals surface area contributed by atoms with Crippen LogP contribution in [-0.4, -0.2) is 51.7 Å². The molecule has 1 amide bonds. The Balaban J connectivity index is 1.94. The summed E-state index contributed by atoms with van der Waals surface area (Å²) >= 11 is 0. The zero-order valence-electron chi connectivity index (χ0n) is 21.9. The molecule has 7 heteroatoms. The SMILES string of the molecule is C=C1[C@@H](O)C2/C=C\C[C@H](C)C(=O)[C@](C)(O)/C=C/[C@@H](OC(C)=O)[C@]23C(=O)N[C@H](Cc2ccccc2)[C@@H]3[C@@H]1C. The number of amides is 1. The van der Waals surface area contributed by atoms with Crippen molar-refractivity contribution in [3.8, 4) is 0 Å². The number of allylic oxidation sites excluding steroid dienone is 1. The second-order valence-electron chi connectivity index (χ2n) is 11.0. The molecule has 1 aromatic carbocycles. The first kappa shape index (κ1) is 27.0. The topological polar surface area (TPSA) is 113 Å². The fraction of sp³-hybridized carbons (Fsp3) is 0.500. The number of aliphatic hydroxyl groups is 2. The molecule has 1 aliphatic heterocycles. The molecule has 4 rings (SSSR count). The van der Waals surface area contributed by atoms with Gasteiger partial charge in [-0.05, 0) is 49.0 Å². The molecular formula is C30H37NO6. The predicted molar refractivity (Wildman–Crippen MR) is 139 cm³/mol. The molecule has 1 saturated carbocycles. The van der Waals surface area contributed by atoms with Crippen LogP contribution in [0.5, 0.6) is 0 Å². The van der Waals surface area contributed by atoms with Gasteiger partial charge in [-0.3, -0.25) is 14.4 Å². The van der Waals surface area contributed by atoms with Crippen LogP contribution in [-0.2, 0) is 25.5 Å². The molecule has 1 saturated heterocycles. The minimum atomic E-state index is -1.82. The molecule has 1 heterocycles. The first-order valence-electron chi connectivity index (χ1n) is 12.9. The number of ketones is 1. The van der Waals surface area contributed by atoms with Gasteiger partial charge in [-0.15, -0.1) is 0 Å². The predicted octanol–water partition coefficient (Wildman–Crippen LogP) is 2.92. The van der Waals surface area contributed by atoms with E-state index in [9.17, 15) is 24.6 Å². The van der Waals surface area contributed by atoms with Gasteiger partial charge in [0.1, 0.15) is 17.1 Å². The molecule has 1 aromatic rings. The van der Waals surface area contributed by atoms with Crippen LogP contribution in [0.1, 0.15) is 39.7 Å². The standard InChI is InChI=1S/C30H37NO6/c1-17-10-9-13-22-26(33)19(3)18(2)25-23(16-21-11-7-6-8-12-21)31-28(35)30(22,25)24(37-20(4)32)14-15-29(5,36)27(17)34/h6-9,11-15,17-18,22-26,33,36H,3,10,16H2,1-2,4-5H3,(H,31,35)/b13-9-,15-14+/t17-,18+,22?,23+,24+,25-,26+,29+,30+/m0/s1. The number of hydrogen-bond acceptors (Lipinski definition) is 6. The minimum Gasteiger partial charge on any atom is -0.457 e. The third kappa shape index (κ3) is 4.59. The monoisotopic (exact) mass is 507 g/mol. The fourth-order valence-electron chi connectivity index (χ4n) is 6.68. The highest BCUT2D eigenvalue weighted by Crippen LogP contribution is 2.58. The highest BCUT2D eigenvalue weighted by molar-refractivity contribution is 5.91. The van der Waals surface area contributed by atoms with E-state index in [4.69, 9.17) is 4.74 Å². The van der Waals surface area contributed by atoms with E-state index in [2.05, 4.69) is 11.9 Å². The first-order chi connectivity index (χ1) is 17.4. The summed E-state index contributed by atoms with van der Waals surface area (Å²) in [5, 5.41) is 25.7. The molecule has 0 radical (unpaired) electrons. The Labute approximate surface area is 218 Å². The van der Waals surface area contributed by atoms with Crippen LogP contribution in [0, 0.1) is 29.1 Å². The van der Waals surface area contributed by atoms with Gasteiger partial charge in [-0.2, -0.15) is 0 Å². The smallest absolute Gasteiger partial charge is 0.303 e. The molecule has 3 aliphatic rings. The Morgan fingerprint density at radius 3 is 2.51 bits per heavy atom. The van der Waals surface area contributed by atoms with E-state index in [0.717, 1.165) is 5.56 Å². The first-order valence-corrected chi connectivity index (χ1v) is 12.9. The minimum absolute atomic E-state index is 0.287. The highest BCUT2D eigenvalue weighted by Gasteiger charge is 2.68. The average molecular weight is 508 g/mol. The van der Waals surface area contributed by atoms with Gasteiger partial charge in [-0.1, -0.05) is 62.9 Å². The van der Waals surface area contributed by atoms with Crippen molar-refractivity contribution in [3.63, 3.8) is 0 Å². The quantitative estimate of drug-likeness (QED) is 0.428. The molecule has 1 unspecified atom stereocenters. The number of ether oxygens (including phenoxy) is 1. The molecule has 7 nitrogen and oxygen atoms in total. The summed E-state index contributed by atoms with van der Waals surface area (Å²) in [5.41, 5.74) is -1.55. The van der Waals surface area contributed by atoms with Crippen LogP contribution in [0.3, 0.4) is 0 Å². The van der Waals surface area contributed by atoms with E-state index >= 15 is 0 Å². The van der Waals surface area contributed by atoms with E-state index in [1.807, 2.05) is 37.3 Å². The summed E-state index contributed by atoms with van der Waals surface area (Å²) in [6.45, 7) is 10.5. The highest BCUT2D eigenvalue weighted by atomic mass is 16.5. The van der Waals surface area contributed by atoms with Gasteiger partial charge in [0.15, 0.2) is 5.78 Å². The lowest BCUT2D eigenvalue weighted by Gasteiger charge is -2.52. The lowest BCUT2D eigenvalue weighted by Crippen LogP contribution is -2.60. The average Bonchev–Trinajstić information content (AvgIpc) is 3.13. The molecule has 9 atom stereocenters. The van der Waals surface area contributed by atoms with E-state index in [-0.39, 0.29) is 23.7 Å². The van der Waals surface area contributed by atoms with Crippen molar-refractivity contribution >= 4 is 17.7 Å². The Bertz CT molecular complexity index is 1140. The van der Waals surface area contributed by atoms with Crippen molar-refractivity contribution in [1.82, 2.24) is 5.32 Å². The zero-order chi connectivity index (χ0) is 27.1. The van der Waals surface area contributed by atoms with Gasteiger partial charge in [0.2, 0.25) is 5.91 Å². The summed E-state index contributed by atoms with van der Waals surface area (Å²) in [4.78, 5) is 39.5. The van der Waals surface area contributed by atoms with Crippen LogP contribution >= 0.6 is 0 Å². The summed E-state index contributed by atoms with van der Waals surface area (Å²) in [7, 11) is 0. The van der Waals surface area contributed by atoms with E-state index in [1.165, 1.54) is 26.0 Å². The number of esters is 1. The fourth-order valence-corrected chi connectivity index (χ4v) is 6.68. The second kappa shape index (κ2) is 10.0. The van der Waals surface area contributed by atoms with Crippen molar-refractivity contribution in [2.45, 2.75) is 64.4 Å². The molecule has 198 valence electrons. The summed E-state index contributed by atoms with van der Waals surface area (Å²) < 4.78 is 5.81. The molecular weight excluding hydrogens is 470 g/mol. The van der Waals surface area contributed by atoms with Crippen LogP contribution in [0.15, 0.2) is 66.8 Å². The molecule has 0 aromatic heterocycles. The van der Waals surface area contributed by atoms with E-state index in [1.54, 1.807) is 19.1 Å². The van der Waals surface area contributed by atoms with E-state index in [0.29, 0.717) is 18.4 Å². The van der Waals surface area contributed by atoms with Crippen molar-refractivity contribution < 1.29 is 29.3 Å². The maximum atomic E-state index is 14.2. The third-order valence-electron chi connectivity index (χ3n) is 8.53. The largest absolute Gasteiger partial charge is 0.457 e. The number of nitrogens with one attached hydrogen (secondary N) is 1. The summed E-state index contributed by atoms with van der Waals surface area (Å²) in [6.07, 6.45) is 5.01. The number of rotatable bonds is 3. The van der Waals surface area contributed by atoms with Crippen LogP contribution in [0.2, 0.25) is 0 Å². The number of hydrogen-bond donors (Lipinski definition) is 3. The summed E-state index contributed by atoms with van der Waals surface area (Å²) in [5.74, 6) is -3.26. The lowest BCUT2D eigenvalue weighted by atomic mass is 9.51. The molecule has 2 fully saturated rings.